The molecule has 19 heavy (non-hydrogen) atoms. The average Bonchev–Trinajstić information content (AvgIpc) is 2.40. The molecule has 0 N–H and O–H groups in total. The van der Waals surface area contributed by atoms with Gasteiger partial charge in [-0.25, -0.2) is 0 Å². The van der Waals surface area contributed by atoms with Crippen molar-refractivity contribution < 1.29 is 9.66 Å². The van der Waals surface area contributed by atoms with Crippen LogP contribution in [0.4, 0.5) is 5.69 Å². The van der Waals surface area contributed by atoms with Gasteiger partial charge in [0.2, 0.25) is 5.75 Å². The zero-order chi connectivity index (χ0) is 13.8. The van der Waals surface area contributed by atoms with E-state index in [4.69, 9.17) is 10.00 Å². The third-order valence-corrected chi connectivity index (χ3v) is 3.06. The fraction of sp³-hybridized carbons (Fsp3) is 0. The first-order chi connectivity index (χ1) is 9.11. The lowest BCUT2D eigenvalue weighted by atomic mass is 10.2. The number of ether oxygens (including phenoxy) is 1. The molecular weight excluding hydrogens is 359 g/mol. The number of hydrogen-bond acceptors (Lipinski definition) is 4. The highest BCUT2D eigenvalue weighted by atomic mass is 127. The summed E-state index contributed by atoms with van der Waals surface area (Å²) in [6.07, 6.45) is 0. The lowest BCUT2D eigenvalue weighted by molar-refractivity contribution is -0.385. The summed E-state index contributed by atoms with van der Waals surface area (Å²) in [6.45, 7) is 0. The highest BCUT2D eigenvalue weighted by molar-refractivity contribution is 14.1. The molecule has 2 aromatic rings. The minimum atomic E-state index is -0.611. The van der Waals surface area contributed by atoms with Crippen molar-refractivity contribution in [2.75, 3.05) is 0 Å². The summed E-state index contributed by atoms with van der Waals surface area (Å²) in [7, 11) is 0. The number of nitro benzene ring substituents is 1. The minimum absolute atomic E-state index is 0.0204. The van der Waals surface area contributed by atoms with Crippen molar-refractivity contribution in [3.05, 3.63) is 61.7 Å². The molecule has 2 rings (SSSR count). The Morgan fingerprint density at radius 3 is 2.47 bits per heavy atom. The highest BCUT2D eigenvalue weighted by Gasteiger charge is 2.21. The standard InChI is InChI=1S/C13H7IN2O3/c14-10-4-6-11(7-5-10)19-12-3-1-2-9(8-15)13(12)16(17)18/h1-7H. The minimum Gasteiger partial charge on any atom is -0.450 e. The maximum Gasteiger partial charge on any atom is 0.329 e. The molecule has 0 aliphatic rings. The van der Waals surface area contributed by atoms with Crippen molar-refractivity contribution in [3.8, 4) is 17.6 Å². The fourth-order valence-corrected chi connectivity index (χ4v) is 1.87. The van der Waals surface area contributed by atoms with E-state index in [-0.39, 0.29) is 17.0 Å². The van der Waals surface area contributed by atoms with Gasteiger partial charge in [0.1, 0.15) is 17.4 Å². The number of rotatable bonds is 3. The van der Waals surface area contributed by atoms with Gasteiger partial charge in [-0.3, -0.25) is 10.1 Å². The number of halogens is 1. The molecule has 5 nitrogen and oxygen atoms in total. The molecule has 94 valence electrons. The summed E-state index contributed by atoms with van der Waals surface area (Å²) in [6, 6.07) is 13.3. The SMILES string of the molecule is N#Cc1cccc(Oc2ccc(I)cc2)c1[N+](=O)[O-]. The number of nitrogens with zero attached hydrogens (tertiary/aromatic N) is 2. The predicted octanol–water partition coefficient (Wildman–Crippen LogP) is 3.86. The lowest BCUT2D eigenvalue weighted by Crippen LogP contribution is -1.96. The van der Waals surface area contributed by atoms with Crippen LogP contribution >= 0.6 is 22.6 Å². The van der Waals surface area contributed by atoms with E-state index >= 15 is 0 Å². The fourth-order valence-electron chi connectivity index (χ4n) is 1.51. The van der Waals surface area contributed by atoms with E-state index in [1.165, 1.54) is 12.1 Å². The Labute approximate surface area is 122 Å². The molecule has 0 heterocycles. The quantitative estimate of drug-likeness (QED) is 0.470. The second-order valence-electron chi connectivity index (χ2n) is 3.58. The van der Waals surface area contributed by atoms with Crippen molar-refractivity contribution in [2.45, 2.75) is 0 Å². The Kier molecular flexibility index (Phi) is 3.97. The van der Waals surface area contributed by atoms with Crippen LogP contribution in [0.1, 0.15) is 5.56 Å². The zero-order valence-electron chi connectivity index (χ0n) is 9.54. The maximum atomic E-state index is 11.0. The summed E-state index contributed by atoms with van der Waals surface area (Å²) in [5.74, 6) is 0.545. The number of para-hydroxylation sites is 1. The molecule has 2 aromatic carbocycles. The van der Waals surface area contributed by atoms with E-state index in [9.17, 15) is 10.1 Å². The molecule has 0 aliphatic heterocycles. The van der Waals surface area contributed by atoms with Crippen LogP contribution < -0.4 is 4.74 Å². The molecule has 6 heteroatoms. The van der Waals surface area contributed by atoms with E-state index in [1.807, 2.05) is 12.1 Å². The molecule has 0 atom stereocenters. The van der Waals surface area contributed by atoms with Crippen molar-refractivity contribution in [2.24, 2.45) is 0 Å². The molecular formula is C13H7IN2O3. The number of nitriles is 1. The van der Waals surface area contributed by atoms with Gasteiger partial charge in [-0.2, -0.15) is 5.26 Å². The molecule has 0 spiro atoms. The van der Waals surface area contributed by atoms with Crippen LogP contribution in [0.5, 0.6) is 11.5 Å². The van der Waals surface area contributed by atoms with E-state index in [0.29, 0.717) is 5.75 Å². The average molecular weight is 366 g/mol. The summed E-state index contributed by atoms with van der Waals surface area (Å²) in [5, 5.41) is 19.9. The molecule has 0 bridgehead atoms. The van der Waals surface area contributed by atoms with Crippen molar-refractivity contribution in [1.29, 1.82) is 5.26 Å². The summed E-state index contributed by atoms with van der Waals surface area (Å²) < 4.78 is 6.50. The molecule has 0 aliphatic carbocycles. The topological polar surface area (TPSA) is 76.2 Å². The third-order valence-electron chi connectivity index (χ3n) is 2.34. The van der Waals surface area contributed by atoms with Crippen LogP contribution in [-0.4, -0.2) is 4.92 Å². The summed E-state index contributed by atoms with van der Waals surface area (Å²) in [4.78, 5) is 10.4. The largest absolute Gasteiger partial charge is 0.450 e. The van der Waals surface area contributed by atoms with Crippen molar-refractivity contribution >= 4 is 28.3 Å². The molecule has 0 unspecified atom stereocenters. The van der Waals surface area contributed by atoms with Crippen LogP contribution in [0.3, 0.4) is 0 Å². The molecule has 0 amide bonds. The van der Waals surface area contributed by atoms with Gasteiger partial charge < -0.3 is 4.74 Å². The van der Waals surface area contributed by atoms with Crippen LogP contribution in [0.15, 0.2) is 42.5 Å². The lowest BCUT2D eigenvalue weighted by Gasteiger charge is -2.06. The monoisotopic (exact) mass is 366 g/mol. The molecule has 0 aromatic heterocycles. The Balaban J connectivity index is 2.43. The Hall–Kier alpha value is -2.14. The summed E-state index contributed by atoms with van der Waals surface area (Å²) in [5.41, 5.74) is -0.337. The van der Waals surface area contributed by atoms with Crippen LogP contribution in [0.25, 0.3) is 0 Å². The zero-order valence-corrected chi connectivity index (χ0v) is 11.7. The molecule has 0 saturated heterocycles. The van der Waals surface area contributed by atoms with Gasteiger partial charge in [0, 0.05) is 3.57 Å². The molecule has 0 radical (unpaired) electrons. The van der Waals surface area contributed by atoms with Gasteiger partial charge in [0.05, 0.1) is 4.92 Å². The first-order valence-electron chi connectivity index (χ1n) is 5.22. The van der Waals surface area contributed by atoms with Gasteiger partial charge in [-0.05, 0) is 59.0 Å². The predicted molar refractivity (Wildman–Crippen MR) is 77.0 cm³/mol. The van der Waals surface area contributed by atoms with Crippen molar-refractivity contribution in [3.63, 3.8) is 0 Å². The van der Waals surface area contributed by atoms with E-state index in [2.05, 4.69) is 22.6 Å². The number of benzene rings is 2. The van der Waals surface area contributed by atoms with Gasteiger partial charge in [0.15, 0.2) is 0 Å². The van der Waals surface area contributed by atoms with E-state index in [0.717, 1.165) is 3.57 Å². The Morgan fingerprint density at radius 1 is 1.21 bits per heavy atom. The second kappa shape index (κ2) is 5.67. The van der Waals surface area contributed by atoms with Gasteiger partial charge in [-0.15, -0.1) is 0 Å². The van der Waals surface area contributed by atoms with Gasteiger partial charge >= 0.3 is 5.69 Å². The normalized spacial score (nSPS) is 9.68. The van der Waals surface area contributed by atoms with E-state index < -0.39 is 4.92 Å². The van der Waals surface area contributed by atoms with Crippen LogP contribution in [0.2, 0.25) is 0 Å². The van der Waals surface area contributed by atoms with Crippen LogP contribution in [0, 0.1) is 25.0 Å². The molecule has 0 saturated carbocycles. The third kappa shape index (κ3) is 3.00. The summed E-state index contributed by atoms with van der Waals surface area (Å²) >= 11 is 2.15. The smallest absolute Gasteiger partial charge is 0.329 e. The number of nitro groups is 1. The number of hydrogen-bond donors (Lipinski definition) is 0. The van der Waals surface area contributed by atoms with Gasteiger partial charge in [-0.1, -0.05) is 6.07 Å². The maximum absolute atomic E-state index is 11.0. The molecule has 0 fully saturated rings. The Morgan fingerprint density at radius 2 is 1.89 bits per heavy atom. The first-order valence-corrected chi connectivity index (χ1v) is 6.30. The highest BCUT2D eigenvalue weighted by Crippen LogP contribution is 2.33. The van der Waals surface area contributed by atoms with Crippen molar-refractivity contribution in [1.82, 2.24) is 0 Å². The van der Waals surface area contributed by atoms with Gasteiger partial charge in [0.25, 0.3) is 0 Å². The Bertz CT molecular complexity index is 663. The van der Waals surface area contributed by atoms with E-state index in [1.54, 1.807) is 24.3 Å². The van der Waals surface area contributed by atoms with Crippen LogP contribution in [-0.2, 0) is 0 Å². The second-order valence-corrected chi connectivity index (χ2v) is 4.82. The first kappa shape index (κ1) is 13.3.